The molecule has 0 unspecified atom stereocenters. The van der Waals surface area contributed by atoms with Gasteiger partial charge in [-0.25, -0.2) is 0 Å². The van der Waals surface area contributed by atoms with Crippen LogP contribution in [0.1, 0.15) is 44.9 Å². The first-order valence-electron chi connectivity index (χ1n) is 7.53. The third kappa shape index (κ3) is 4.36. The summed E-state index contributed by atoms with van der Waals surface area (Å²) in [5, 5.41) is 5.86. The van der Waals surface area contributed by atoms with Crippen molar-refractivity contribution in [2.75, 3.05) is 13.1 Å². The van der Waals surface area contributed by atoms with Gasteiger partial charge in [-0.05, 0) is 44.7 Å². The molecule has 1 heterocycles. The maximum atomic E-state index is 12.9. The summed E-state index contributed by atoms with van der Waals surface area (Å²) in [5.41, 5.74) is 0. The second kappa shape index (κ2) is 6.78. The molecule has 2 atom stereocenters. The van der Waals surface area contributed by atoms with Crippen LogP contribution in [0.15, 0.2) is 0 Å². The van der Waals surface area contributed by atoms with Crippen molar-refractivity contribution in [1.82, 2.24) is 10.6 Å². The molecule has 1 amide bonds. The number of alkyl halides is 3. The molecule has 20 heavy (non-hydrogen) atoms. The molecule has 2 N–H and O–H groups in total. The molecule has 6 heteroatoms. The van der Waals surface area contributed by atoms with Crippen LogP contribution < -0.4 is 10.6 Å². The molecule has 1 saturated heterocycles. The molecule has 2 fully saturated rings. The summed E-state index contributed by atoms with van der Waals surface area (Å²) in [6, 6.07) is -0.724. The zero-order chi connectivity index (χ0) is 14.6. The topological polar surface area (TPSA) is 41.1 Å². The maximum absolute atomic E-state index is 12.9. The van der Waals surface area contributed by atoms with E-state index in [2.05, 4.69) is 10.6 Å². The summed E-state index contributed by atoms with van der Waals surface area (Å²) in [6.45, 7) is 1.79. The predicted molar refractivity (Wildman–Crippen MR) is 70.2 cm³/mol. The van der Waals surface area contributed by atoms with Crippen LogP contribution in [0.4, 0.5) is 13.2 Å². The zero-order valence-electron chi connectivity index (χ0n) is 11.6. The zero-order valence-corrected chi connectivity index (χ0v) is 11.6. The Balaban J connectivity index is 1.84. The molecule has 0 aromatic heterocycles. The van der Waals surface area contributed by atoms with Gasteiger partial charge in [0.15, 0.2) is 0 Å². The Morgan fingerprint density at radius 2 is 1.75 bits per heavy atom. The Labute approximate surface area is 117 Å². The molecule has 0 aromatic carbocycles. The lowest BCUT2D eigenvalue weighted by Gasteiger charge is -2.34. The molecule has 0 bridgehead atoms. The van der Waals surface area contributed by atoms with Gasteiger partial charge in [-0.3, -0.25) is 4.79 Å². The van der Waals surface area contributed by atoms with Gasteiger partial charge >= 0.3 is 6.18 Å². The van der Waals surface area contributed by atoms with Gasteiger partial charge in [0.1, 0.15) is 0 Å². The third-order valence-corrected chi connectivity index (χ3v) is 4.47. The lowest BCUT2D eigenvalue weighted by atomic mass is 9.83. The van der Waals surface area contributed by atoms with E-state index in [1.165, 1.54) is 0 Å². The highest BCUT2D eigenvalue weighted by atomic mass is 19.4. The van der Waals surface area contributed by atoms with Gasteiger partial charge in [0.05, 0.1) is 5.92 Å². The van der Waals surface area contributed by atoms with Crippen molar-refractivity contribution < 1.29 is 18.0 Å². The highest BCUT2D eigenvalue weighted by Gasteiger charge is 2.45. The average Bonchev–Trinajstić information content (AvgIpc) is 2.39. The van der Waals surface area contributed by atoms with Crippen LogP contribution in [-0.2, 0) is 4.79 Å². The van der Waals surface area contributed by atoms with Crippen molar-refractivity contribution in [1.29, 1.82) is 0 Å². The normalized spacial score (nSPS) is 29.1. The lowest BCUT2D eigenvalue weighted by molar-refractivity contribution is -0.189. The summed E-state index contributed by atoms with van der Waals surface area (Å²) in [5.74, 6) is -1.27. The molecule has 3 nitrogen and oxygen atoms in total. The van der Waals surface area contributed by atoms with Crippen LogP contribution in [-0.4, -0.2) is 31.2 Å². The highest BCUT2D eigenvalue weighted by molar-refractivity contribution is 5.76. The van der Waals surface area contributed by atoms with E-state index < -0.39 is 18.1 Å². The Morgan fingerprint density at radius 3 is 2.40 bits per heavy atom. The number of hydrogen-bond donors (Lipinski definition) is 2. The highest BCUT2D eigenvalue weighted by Crippen LogP contribution is 2.37. The van der Waals surface area contributed by atoms with E-state index in [-0.39, 0.29) is 12.3 Å². The van der Waals surface area contributed by atoms with Gasteiger partial charge < -0.3 is 10.6 Å². The molecular formula is C14H23F3N2O. The molecule has 1 aliphatic carbocycles. The van der Waals surface area contributed by atoms with E-state index in [1.54, 1.807) is 0 Å². The molecule has 2 aliphatic rings. The summed E-state index contributed by atoms with van der Waals surface area (Å²) in [7, 11) is 0. The minimum absolute atomic E-state index is 0.141. The minimum Gasteiger partial charge on any atom is -0.353 e. The molecular weight excluding hydrogens is 269 g/mol. The predicted octanol–water partition coefficient (Wildman–Crippen LogP) is 2.61. The Kier molecular flexibility index (Phi) is 5.29. The summed E-state index contributed by atoms with van der Waals surface area (Å²) < 4.78 is 38.8. The smallest absolute Gasteiger partial charge is 0.353 e. The molecule has 1 aliphatic heterocycles. The molecule has 2 rings (SSSR count). The van der Waals surface area contributed by atoms with Gasteiger partial charge in [-0.2, -0.15) is 13.2 Å². The molecule has 1 saturated carbocycles. The molecule has 116 valence electrons. The summed E-state index contributed by atoms with van der Waals surface area (Å²) in [6.07, 6.45) is -0.0168. The monoisotopic (exact) mass is 292 g/mol. The SMILES string of the molecule is O=C(CC1CCNCC1)N[C@@H]1CCCC[C@H]1C(F)(F)F. The van der Waals surface area contributed by atoms with Crippen molar-refractivity contribution >= 4 is 5.91 Å². The largest absolute Gasteiger partial charge is 0.393 e. The van der Waals surface area contributed by atoms with Crippen LogP contribution in [0.25, 0.3) is 0 Å². The van der Waals surface area contributed by atoms with E-state index in [1.807, 2.05) is 0 Å². The molecule has 0 spiro atoms. The van der Waals surface area contributed by atoms with E-state index in [0.717, 1.165) is 32.4 Å². The Hall–Kier alpha value is -0.780. The number of halogens is 3. The van der Waals surface area contributed by atoms with Gasteiger partial charge in [-0.15, -0.1) is 0 Å². The van der Waals surface area contributed by atoms with Crippen molar-refractivity contribution in [2.45, 2.75) is 57.2 Å². The van der Waals surface area contributed by atoms with E-state index >= 15 is 0 Å². The maximum Gasteiger partial charge on any atom is 0.393 e. The van der Waals surface area contributed by atoms with E-state index in [9.17, 15) is 18.0 Å². The number of rotatable bonds is 3. The van der Waals surface area contributed by atoms with Crippen LogP contribution in [0.5, 0.6) is 0 Å². The Bertz CT molecular complexity index is 327. The van der Waals surface area contributed by atoms with Crippen LogP contribution in [0, 0.1) is 11.8 Å². The number of carbonyl (C=O) groups is 1. The van der Waals surface area contributed by atoms with Gasteiger partial charge in [0.2, 0.25) is 5.91 Å². The minimum atomic E-state index is -4.20. The standard InChI is InChI=1S/C14H23F3N2O/c15-14(16,17)11-3-1-2-4-12(11)19-13(20)9-10-5-7-18-8-6-10/h10-12,18H,1-9H2,(H,19,20)/t11-,12-/m1/s1. The van der Waals surface area contributed by atoms with E-state index in [0.29, 0.717) is 25.2 Å². The number of carbonyl (C=O) groups excluding carboxylic acids is 1. The lowest BCUT2D eigenvalue weighted by Crippen LogP contribution is -2.48. The van der Waals surface area contributed by atoms with E-state index in [4.69, 9.17) is 0 Å². The van der Waals surface area contributed by atoms with Gasteiger partial charge in [0, 0.05) is 12.5 Å². The quantitative estimate of drug-likeness (QED) is 0.839. The van der Waals surface area contributed by atoms with Crippen molar-refractivity contribution in [3.8, 4) is 0 Å². The number of nitrogens with one attached hydrogen (secondary N) is 2. The number of hydrogen-bond acceptors (Lipinski definition) is 2. The summed E-state index contributed by atoms with van der Waals surface area (Å²) >= 11 is 0. The first kappa shape index (κ1) is 15.6. The fourth-order valence-electron chi connectivity index (χ4n) is 3.31. The van der Waals surface area contributed by atoms with Gasteiger partial charge in [-0.1, -0.05) is 12.8 Å². The molecule has 0 radical (unpaired) electrons. The fourth-order valence-corrected chi connectivity index (χ4v) is 3.31. The third-order valence-electron chi connectivity index (χ3n) is 4.47. The van der Waals surface area contributed by atoms with Crippen molar-refractivity contribution in [3.05, 3.63) is 0 Å². The molecule has 0 aromatic rings. The number of piperidine rings is 1. The summed E-state index contributed by atoms with van der Waals surface area (Å²) in [4.78, 5) is 12.0. The second-order valence-corrected chi connectivity index (χ2v) is 6.00. The van der Waals surface area contributed by atoms with Crippen molar-refractivity contribution in [3.63, 3.8) is 0 Å². The second-order valence-electron chi connectivity index (χ2n) is 6.00. The Morgan fingerprint density at radius 1 is 1.10 bits per heavy atom. The van der Waals surface area contributed by atoms with Crippen LogP contribution in [0.2, 0.25) is 0 Å². The fraction of sp³-hybridized carbons (Fsp3) is 0.929. The van der Waals surface area contributed by atoms with Crippen LogP contribution >= 0.6 is 0 Å². The average molecular weight is 292 g/mol. The first-order chi connectivity index (χ1) is 9.47. The van der Waals surface area contributed by atoms with Crippen LogP contribution in [0.3, 0.4) is 0 Å². The number of amides is 1. The van der Waals surface area contributed by atoms with Gasteiger partial charge in [0.25, 0.3) is 0 Å². The first-order valence-corrected chi connectivity index (χ1v) is 7.53. The van der Waals surface area contributed by atoms with Crippen molar-refractivity contribution in [2.24, 2.45) is 11.8 Å².